The van der Waals surface area contributed by atoms with Gasteiger partial charge in [-0.1, -0.05) is 18.2 Å². The number of halogens is 3. The molecule has 3 N–H and O–H groups in total. The number of hydrogen-bond acceptors (Lipinski definition) is 2. The van der Waals surface area contributed by atoms with Crippen molar-refractivity contribution in [3.05, 3.63) is 35.4 Å². The zero-order valence-electron chi connectivity index (χ0n) is 9.56. The third-order valence-corrected chi connectivity index (χ3v) is 2.39. The van der Waals surface area contributed by atoms with E-state index in [1.807, 2.05) is 0 Å². The zero-order valence-corrected chi connectivity index (χ0v) is 9.56. The Morgan fingerprint density at radius 3 is 2.59 bits per heavy atom. The second-order valence-electron chi connectivity index (χ2n) is 3.87. The molecule has 0 radical (unpaired) electrons. The maximum atomic E-state index is 12.4. The lowest BCUT2D eigenvalue weighted by Crippen LogP contribution is -2.16. The summed E-state index contributed by atoms with van der Waals surface area (Å²) in [5, 5.41) is 3.09. The maximum absolute atomic E-state index is 12.4. The van der Waals surface area contributed by atoms with Gasteiger partial charge in [0.1, 0.15) is 0 Å². The summed E-state index contributed by atoms with van der Waals surface area (Å²) >= 11 is 0. The van der Waals surface area contributed by atoms with Crippen LogP contribution in [0, 0.1) is 0 Å². The van der Waals surface area contributed by atoms with Crippen LogP contribution in [0.1, 0.15) is 24.0 Å². The van der Waals surface area contributed by atoms with Crippen molar-refractivity contribution < 1.29 is 13.2 Å². The monoisotopic (exact) mass is 246 g/mol. The van der Waals surface area contributed by atoms with Crippen LogP contribution in [-0.2, 0) is 12.7 Å². The van der Waals surface area contributed by atoms with E-state index in [1.165, 1.54) is 12.1 Å². The minimum atomic E-state index is -4.27. The predicted octanol–water partition coefficient (Wildman–Crippen LogP) is 2.53. The largest absolute Gasteiger partial charge is 0.416 e. The van der Waals surface area contributed by atoms with E-state index in [0.29, 0.717) is 18.7 Å². The minimum absolute atomic E-state index is 0.453. The van der Waals surface area contributed by atoms with Crippen molar-refractivity contribution in [1.82, 2.24) is 5.32 Å². The third-order valence-electron chi connectivity index (χ3n) is 2.39. The van der Waals surface area contributed by atoms with E-state index in [4.69, 9.17) is 5.73 Å². The van der Waals surface area contributed by atoms with Gasteiger partial charge in [-0.15, -0.1) is 0 Å². The molecule has 2 nitrogen and oxygen atoms in total. The van der Waals surface area contributed by atoms with Crippen molar-refractivity contribution >= 4 is 0 Å². The van der Waals surface area contributed by atoms with E-state index < -0.39 is 11.7 Å². The molecule has 0 aromatic heterocycles. The zero-order chi connectivity index (χ0) is 12.7. The van der Waals surface area contributed by atoms with E-state index >= 15 is 0 Å². The molecule has 1 rings (SSSR count). The molecule has 0 unspecified atom stereocenters. The first kappa shape index (κ1) is 14.0. The Balaban J connectivity index is 2.44. The van der Waals surface area contributed by atoms with Gasteiger partial charge in [-0.25, -0.2) is 0 Å². The molecule has 0 aliphatic rings. The Hall–Kier alpha value is -1.07. The van der Waals surface area contributed by atoms with Crippen molar-refractivity contribution in [2.75, 3.05) is 13.1 Å². The molecule has 0 saturated carbocycles. The molecular weight excluding hydrogens is 229 g/mol. The van der Waals surface area contributed by atoms with Crippen LogP contribution in [-0.4, -0.2) is 13.1 Å². The average molecular weight is 246 g/mol. The molecule has 0 heterocycles. The molecule has 0 spiro atoms. The molecule has 1 aromatic rings. The Labute approximate surface area is 99.0 Å². The Morgan fingerprint density at radius 2 is 1.94 bits per heavy atom. The van der Waals surface area contributed by atoms with E-state index in [0.717, 1.165) is 25.5 Å². The highest BCUT2D eigenvalue weighted by atomic mass is 19.4. The van der Waals surface area contributed by atoms with Crippen LogP contribution in [0.5, 0.6) is 0 Å². The fraction of sp³-hybridized carbons (Fsp3) is 0.500. The van der Waals surface area contributed by atoms with Crippen molar-refractivity contribution in [3.8, 4) is 0 Å². The molecule has 1 aromatic carbocycles. The lowest BCUT2D eigenvalue weighted by atomic mass is 10.1. The first-order valence-electron chi connectivity index (χ1n) is 5.61. The first-order valence-corrected chi connectivity index (χ1v) is 5.61. The third kappa shape index (κ3) is 5.19. The first-order chi connectivity index (χ1) is 8.04. The van der Waals surface area contributed by atoms with Gasteiger partial charge in [0, 0.05) is 6.54 Å². The van der Waals surface area contributed by atoms with Gasteiger partial charge in [0.05, 0.1) is 5.56 Å². The van der Waals surface area contributed by atoms with Gasteiger partial charge >= 0.3 is 6.18 Å². The van der Waals surface area contributed by atoms with Gasteiger partial charge in [0.2, 0.25) is 0 Å². The Bertz CT molecular complexity index is 337. The smallest absolute Gasteiger partial charge is 0.330 e. The average Bonchev–Trinajstić information content (AvgIpc) is 2.28. The highest BCUT2D eigenvalue weighted by Crippen LogP contribution is 2.29. The number of alkyl halides is 3. The minimum Gasteiger partial charge on any atom is -0.330 e. The number of unbranched alkanes of at least 4 members (excludes halogenated alkanes) is 1. The number of nitrogens with two attached hydrogens (primary N) is 1. The van der Waals surface area contributed by atoms with Crippen LogP contribution < -0.4 is 11.1 Å². The van der Waals surface area contributed by atoms with Crippen LogP contribution in [0.25, 0.3) is 0 Å². The maximum Gasteiger partial charge on any atom is 0.416 e. The second kappa shape index (κ2) is 6.61. The quantitative estimate of drug-likeness (QED) is 0.757. The van der Waals surface area contributed by atoms with Gasteiger partial charge in [0.25, 0.3) is 0 Å². The molecule has 17 heavy (non-hydrogen) atoms. The predicted molar refractivity (Wildman–Crippen MR) is 61.4 cm³/mol. The Morgan fingerprint density at radius 1 is 1.18 bits per heavy atom. The van der Waals surface area contributed by atoms with E-state index in [2.05, 4.69) is 5.32 Å². The molecule has 0 bridgehead atoms. The van der Waals surface area contributed by atoms with Gasteiger partial charge in [-0.3, -0.25) is 0 Å². The van der Waals surface area contributed by atoms with E-state index in [1.54, 1.807) is 6.07 Å². The lowest BCUT2D eigenvalue weighted by Gasteiger charge is -2.09. The standard InChI is InChI=1S/C12H17F3N2/c13-12(14,15)11-5-3-4-10(8-11)9-17-7-2-1-6-16/h3-5,8,17H,1-2,6-7,9,16H2. The van der Waals surface area contributed by atoms with Crippen molar-refractivity contribution in [1.29, 1.82) is 0 Å². The van der Waals surface area contributed by atoms with Crippen LogP contribution in [0.3, 0.4) is 0 Å². The van der Waals surface area contributed by atoms with Gasteiger partial charge in [0.15, 0.2) is 0 Å². The van der Waals surface area contributed by atoms with Gasteiger partial charge in [-0.05, 0) is 37.6 Å². The highest BCUT2D eigenvalue weighted by molar-refractivity contribution is 5.25. The van der Waals surface area contributed by atoms with Crippen molar-refractivity contribution in [2.45, 2.75) is 25.6 Å². The molecule has 5 heteroatoms. The summed E-state index contributed by atoms with van der Waals surface area (Å²) < 4.78 is 37.3. The molecule has 0 saturated heterocycles. The molecule has 0 atom stereocenters. The summed E-state index contributed by atoms with van der Waals surface area (Å²) in [6.07, 6.45) is -2.40. The molecule has 0 aliphatic heterocycles. The second-order valence-corrected chi connectivity index (χ2v) is 3.87. The number of rotatable bonds is 6. The molecular formula is C12H17F3N2. The van der Waals surface area contributed by atoms with E-state index in [-0.39, 0.29) is 0 Å². The molecule has 96 valence electrons. The summed E-state index contributed by atoms with van der Waals surface area (Å²) in [5.41, 5.74) is 5.38. The fourth-order valence-corrected chi connectivity index (χ4v) is 1.48. The summed E-state index contributed by atoms with van der Waals surface area (Å²) in [6, 6.07) is 5.37. The van der Waals surface area contributed by atoms with Gasteiger partial charge < -0.3 is 11.1 Å². The van der Waals surface area contributed by atoms with E-state index in [9.17, 15) is 13.2 Å². The summed E-state index contributed by atoms with van der Waals surface area (Å²) in [5.74, 6) is 0. The summed E-state index contributed by atoms with van der Waals surface area (Å²) in [4.78, 5) is 0. The normalized spacial score (nSPS) is 11.8. The summed E-state index contributed by atoms with van der Waals surface area (Å²) in [6.45, 7) is 1.87. The van der Waals surface area contributed by atoms with Crippen LogP contribution in [0.2, 0.25) is 0 Å². The number of nitrogens with one attached hydrogen (secondary N) is 1. The Kier molecular flexibility index (Phi) is 5.44. The SMILES string of the molecule is NCCCCNCc1cccc(C(F)(F)F)c1. The number of hydrogen-bond donors (Lipinski definition) is 2. The topological polar surface area (TPSA) is 38.0 Å². The molecule has 0 aliphatic carbocycles. The van der Waals surface area contributed by atoms with Gasteiger partial charge in [-0.2, -0.15) is 13.2 Å². The molecule has 0 amide bonds. The van der Waals surface area contributed by atoms with Crippen molar-refractivity contribution in [3.63, 3.8) is 0 Å². The highest BCUT2D eigenvalue weighted by Gasteiger charge is 2.30. The number of benzene rings is 1. The fourth-order valence-electron chi connectivity index (χ4n) is 1.48. The van der Waals surface area contributed by atoms with Crippen LogP contribution in [0.15, 0.2) is 24.3 Å². The summed E-state index contributed by atoms with van der Waals surface area (Å²) in [7, 11) is 0. The lowest BCUT2D eigenvalue weighted by molar-refractivity contribution is -0.137. The van der Waals surface area contributed by atoms with Crippen LogP contribution >= 0.6 is 0 Å². The van der Waals surface area contributed by atoms with Crippen LogP contribution in [0.4, 0.5) is 13.2 Å². The van der Waals surface area contributed by atoms with Crippen molar-refractivity contribution in [2.24, 2.45) is 5.73 Å². The molecule has 0 fully saturated rings.